The molecular formula is C25H31Cl2N3O6S. The van der Waals surface area contributed by atoms with Gasteiger partial charge in [-0.25, -0.2) is 8.42 Å². The van der Waals surface area contributed by atoms with Crippen LogP contribution in [0, 0.1) is 5.92 Å². The molecular weight excluding hydrogens is 541 g/mol. The van der Waals surface area contributed by atoms with Crippen molar-refractivity contribution in [1.29, 1.82) is 0 Å². The number of carbonyl (C=O) groups excluding carboxylic acids is 2. The second-order valence-corrected chi connectivity index (χ2v) is 11.8. The molecule has 2 aromatic rings. The van der Waals surface area contributed by atoms with Crippen molar-refractivity contribution in [3.8, 4) is 11.5 Å². The highest BCUT2D eigenvalue weighted by atomic mass is 35.5. The lowest BCUT2D eigenvalue weighted by Gasteiger charge is -2.33. The van der Waals surface area contributed by atoms with E-state index in [0.717, 1.165) is 10.6 Å². The zero-order valence-corrected chi connectivity index (χ0v) is 23.5. The number of nitrogens with zero attached hydrogens (tertiary/aromatic N) is 2. The first-order valence-electron chi connectivity index (χ1n) is 11.8. The predicted molar refractivity (Wildman–Crippen MR) is 144 cm³/mol. The Bertz CT molecular complexity index is 1230. The van der Waals surface area contributed by atoms with Crippen LogP contribution >= 0.6 is 23.2 Å². The molecule has 0 radical (unpaired) electrons. The summed E-state index contributed by atoms with van der Waals surface area (Å²) in [6.45, 7) is 5.52. The molecule has 2 aromatic carbocycles. The molecule has 0 unspecified atom stereocenters. The Morgan fingerprint density at radius 2 is 1.73 bits per heavy atom. The zero-order valence-electron chi connectivity index (χ0n) is 21.2. The maximum Gasteiger partial charge on any atom is 0.244 e. The zero-order chi connectivity index (χ0) is 27.3. The van der Waals surface area contributed by atoms with Crippen LogP contribution in [0.3, 0.4) is 0 Å². The van der Waals surface area contributed by atoms with Crippen LogP contribution in [-0.2, 0) is 26.2 Å². The molecule has 0 aromatic heterocycles. The number of hydrogen-bond donors (Lipinski definition) is 1. The van der Waals surface area contributed by atoms with Gasteiger partial charge in [-0.3, -0.25) is 13.9 Å². The third-order valence-electron chi connectivity index (χ3n) is 5.78. The van der Waals surface area contributed by atoms with Crippen molar-refractivity contribution in [2.45, 2.75) is 39.8 Å². The van der Waals surface area contributed by atoms with E-state index < -0.39 is 28.5 Å². The molecule has 0 bridgehead atoms. The van der Waals surface area contributed by atoms with E-state index in [1.807, 2.05) is 13.8 Å². The first-order valence-corrected chi connectivity index (χ1v) is 14.4. The third kappa shape index (κ3) is 7.21. The molecule has 37 heavy (non-hydrogen) atoms. The molecule has 1 aliphatic rings. The van der Waals surface area contributed by atoms with E-state index in [9.17, 15) is 18.0 Å². The van der Waals surface area contributed by atoms with Crippen molar-refractivity contribution in [2.75, 3.05) is 30.4 Å². The van der Waals surface area contributed by atoms with Gasteiger partial charge in [0, 0.05) is 34.8 Å². The average Bonchev–Trinajstić information content (AvgIpc) is 3.29. The second kappa shape index (κ2) is 12.2. The van der Waals surface area contributed by atoms with Crippen LogP contribution in [0.5, 0.6) is 11.5 Å². The Labute approximate surface area is 227 Å². The van der Waals surface area contributed by atoms with Crippen molar-refractivity contribution in [3.05, 3.63) is 52.0 Å². The van der Waals surface area contributed by atoms with E-state index in [1.165, 1.54) is 17.0 Å². The topological polar surface area (TPSA) is 105 Å². The normalized spacial score (nSPS) is 13.4. The maximum atomic E-state index is 13.8. The summed E-state index contributed by atoms with van der Waals surface area (Å²) in [6, 6.07) is 8.69. The van der Waals surface area contributed by atoms with Crippen LogP contribution in [0.25, 0.3) is 0 Å². The highest BCUT2D eigenvalue weighted by Crippen LogP contribution is 2.36. The standard InChI is InChI=1S/C25H31Cl2N3O6S/c1-5-21(25(32)28-12-16(2)3)29(13-18-19(26)7-6-8-20(18)27)24(31)14-30(37(4,33)34)17-9-10-22-23(11-17)36-15-35-22/h6-11,16,21H,5,12-15H2,1-4H3,(H,28,32)/t21-/m1/s1. The molecule has 0 saturated heterocycles. The number of sulfonamides is 1. The second-order valence-electron chi connectivity index (χ2n) is 9.09. The first kappa shape index (κ1) is 28.9. The van der Waals surface area contributed by atoms with Crippen molar-refractivity contribution in [1.82, 2.24) is 10.2 Å². The smallest absolute Gasteiger partial charge is 0.244 e. The molecule has 1 heterocycles. The summed E-state index contributed by atoms with van der Waals surface area (Å²) in [4.78, 5) is 28.2. The molecule has 0 saturated carbocycles. The van der Waals surface area contributed by atoms with Crippen molar-refractivity contribution >= 4 is 50.7 Å². The molecule has 3 rings (SSSR count). The third-order valence-corrected chi connectivity index (χ3v) is 7.63. The number of hydrogen-bond acceptors (Lipinski definition) is 6. The largest absolute Gasteiger partial charge is 0.454 e. The van der Waals surface area contributed by atoms with Gasteiger partial charge in [-0.05, 0) is 36.6 Å². The Hall–Kier alpha value is -2.69. The van der Waals surface area contributed by atoms with Crippen LogP contribution in [0.1, 0.15) is 32.8 Å². The number of fused-ring (bicyclic) bond motifs is 1. The lowest BCUT2D eigenvalue weighted by atomic mass is 10.1. The SMILES string of the molecule is CC[C@H](C(=O)NCC(C)C)N(Cc1c(Cl)cccc1Cl)C(=O)CN(c1ccc2c(c1)OCO2)S(C)(=O)=O. The quantitative estimate of drug-likeness (QED) is 0.436. The van der Waals surface area contributed by atoms with Gasteiger partial charge in [-0.2, -0.15) is 0 Å². The molecule has 1 atom stereocenters. The number of benzene rings is 2. The Kier molecular flexibility index (Phi) is 9.55. The van der Waals surface area contributed by atoms with E-state index in [1.54, 1.807) is 31.2 Å². The lowest BCUT2D eigenvalue weighted by Crippen LogP contribution is -2.52. The van der Waals surface area contributed by atoms with Gasteiger partial charge in [0.2, 0.25) is 28.6 Å². The van der Waals surface area contributed by atoms with E-state index >= 15 is 0 Å². The summed E-state index contributed by atoms with van der Waals surface area (Å²) in [7, 11) is -3.89. The van der Waals surface area contributed by atoms with E-state index in [2.05, 4.69) is 5.32 Å². The summed E-state index contributed by atoms with van der Waals surface area (Å²) in [5.74, 6) is 0.117. The monoisotopic (exact) mass is 571 g/mol. The van der Waals surface area contributed by atoms with Crippen LogP contribution in [0.4, 0.5) is 5.69 Å². The molecule has 0 fully saturated rings. The number of rotatable bonds is 11. The predicted octanol–water partition coefficient (Wildman–Crippen LogP) is 4.07. The number of ether oxygens (including phenoxy) is 2. The van der Waals surface area contributed by atoms with E-state index in [4.69, 9.17) is 32.7 Å². The van der Waals surface area contributed by atoms with Gasteiger partial charge < -0.3 is 19.7 Å². The van der Waals surface area contributed by atoms with E-state index in [0.29, 0.717) is 40.1 Å². The molecule has 202 valence electrons. The highest BCUT2D eigenvalue weighted by molar-refractivity contribution is 7.92. The van der Waals surface area contributed by atoms with Crippen LogP contribution in [0.15, 0.2) is 36.4 Å². The number of halogens is 2. The molecule has 0 aliphatic carbocycles. The van der Waals surface area contributed by atoms with Gasteiger partial charge in [-0.1, -0.05) is 50.0 Å². The minimum absolute atomic E-state index is 0.0205. The summed E-state index contributed by atoms with van der Waals surface area (Å²) in [5.41, 5.74) is 0.691. The average molecular weight is 573 g/mol. The number of amides is 2. The van der Waals surface area contributed by atoms with Gasteiger partial charge in [-0.15, -0.1) is 0 Å². The summed E-state index contributed by atoms with van der Waals surface area (Å²) in [5, 5.41) is 3.53. The van der Waals surface area contributed by atoms with Crippen LogP contribution in [-0.4, -0.2) is 57.3 Å². The van der Waals surface area contributed by atoms with Crippen molar-refractivity contribution in [3.63, 3.8) is 0 Å². The van der Waals surface area contributed by atoms with Gasteiger partial charge in [0.15, 0.2) is 11.5 Å². The maximum absolute atomic E-state index is 13.8. The molecule has 9 nitrogen and oxygen atoms in total. The Balaban J connectivity index is 1.98. The summed E-state index contributed by atoms with van der Waals surface area (Å²) in [6.07, 6.45) is 1.30. The van der Waals surface area contributed by atoms with Gasteiger partial charge in [0.05, 0.1) is 11.9 Å². The van der Waals surface area contributed by atoms with Crippen LogP contribution in [0.2, 0.25) is 10.0 Å². The Morgan fingerprint density at radius 3 is 2.32 bits per heavy atom. The van der Waals surface area contributed by atoms with Gasteiger partial charge in [0.1, 0.15) is 12.6 Å². The van der Waals surface area contributed by atoms with E-state index in [-0.39, 0.29) is 30.9 Å². The number of carbonyl (C=O) groups is 2. The fraction of sp³-hybridized carbons (Fsp3) is 0.440. The molecule has 0 spiro atoms. The molecule has 1 aliphatic heterocycles. The molecule has 2 amide bonds. The van der Waals surface area contributed by atoms with Gasteiger partial charge in [0.25, 0.3) is 0 Å². The Morgan fingerprint density at radius 1 is 1.08 bits per heavy atom. The number of anilines is 1. The molecule has 12 heteroatoms. The minimum atomic E-state index is -3.89. The fourth-order valence-corrected chi connectivity index (χ4v) is 5.21. The summed E-state index contributed by atoms with van der Waals surface area (Å²) < 4.78 is 37.2. The highest BCUT2D eigenvalue weighted by Gasteiger charge is 2.33. The van der Waals surface area contributed by atoms with Crippen molar-refractivity contribution in [2.24, 2.45) is 5.92 Å². The molecule has 1 N–H and O–H groups in total. The number of nitrogens with one attached hydrogen (secondary N) is 1. The fourth-order valence-electron chi connectivity index (χ4n) is 3.85. The minimum Gasteiger partial charge on any atom is -0.454 e. The first-order chi connectivity index (χ1) is 17.4. The van der Waals surface area contributed by atoms with Crippen molar-refractivity contribution < 1.29 is 27.5 Å². The lowest BCUT2D eigenvalue weighted by molar-refractivity contribution is -0.140. The summed E-state index contributed by atoms with van der Waals surface area (Å²) >= 11 is 12.8. The van der Waals surface area contributed by atoms with Crippen LogP contribution < -0.4 is 19.1 Å². The van der Waals surface area contributed by atoms with Gasteiger partial charge >= 0.3 is 0 Å².